The molecule has 0 aliphatic carbocycles. The maximum Gasteiger partial charge on any atom is 0.355 e. The maximum absolute atomic E-state index is 12.5. The normalized spacial score (nSPS) is 19.9. The molecule has 1 saturated heterocycles. The second-order valence-corrected chi connectivity index (χ2v) is 5.49. The van der Waals surface area contributed by atoms with Gasteiger partial charge in [-0.2, -0.15) is 0 Å². The molecule has 0 aromatic heterocycles. The molecular weight excluding hydrogens is 354 g/mol. The predicted octanol–water partition coefficient (Wildman–Crippen LogP) is 1.31. The number of anilines is 1. The van der Waals surface area contributed by atoms with Crippen LogP contribution in [-0.2, 0) is 19.1 Å². The first-order valence-corrected chi connectivity index (χ1v) is 7.30. The summed E-state index contributed by atoms with van der Waals surface area (Å²) in [5, 5.41) is 7.33. The standard InChI is InChI=1S/C14H10BrN3O4/c1-2-22-14(21)11-9-10(16-17-11)13(20)18(12(9)19)8-5-3-7(15)4-6-8/h3-6,9H,2H2,1H3/t9-/m0/s1. The molecule has 2 amide bonds. The van der Waals surface area contributed by atoms with Crippen molar-refractivity contribution in [3.63, 3.8) is 0 Å². The van der Waals surface area contributed by atoms with Crippen LogP contribution in [-0.4, -0.2) is 35.8 Å². The lowest BCUT2D eigenvalue weighted by Crippen LogP contribution is -2.35. The fraction of sp³-hybridized carbons (Fsp3) is 0.214. The molecule has 3 rings (SSSR count). The van der Waals surface area contributed by atoms with Gasteiger partial charge in [0.2, 0.25) is 5.91 Å². The van der Waals surface area contributed by atoms with E-state index in [9.17, 15) is 14.4 Å². The van der Waals surface area contributed by atoms with Gasteiger partial charge >= 0.3 is 5.97 Å². The van der Waals surface area contributed by atoms with Crippen LogP contribution in [0.25, 0.3) is 0 Å². The Morgan fingerprint density at radius 3 is 2.59 bits per heavy atom. The largest absolute Gasteiger partial charge is 0.461 e. The van der Waals surface area contributed by atoms with Gasteiger partial charge in [0.1, 0.15) is 11.6 Å². The van der Waals surface area contributed by atoms with Gasteiger partial charge in [0.05, 0.1) is 12.3 Å². The highest BCUT2D eigenvalue weighted by atomic mass is 79.9. The molecule has 0 radical (unpaired) electrons. The van der Waals surface area contributed by atoms with Gasteiger partial charge in [0.15, 0.2) is 5.71 Å². The Hall–Kier alpha value is -2.35. The van der Waals surface area contributed by atoms with Crippen LogP contribution < -0.4 is 4.90 Å². The summed E-state index contributed by atoms with van der Waals surface area (Å²) in [5.74, 6) is -2.92. The van der Waals surface area contributed by atoms with E-state index in [1.807, 2.05) is 0 Å². The van der Waals surface area contributed by atoms with Crippen molar-refractivity contribution in [2.24, 2.45) is 16.1 Å². The van der Waals surface area contributed by atoms with Gasteiger partial charge in [0, 0.05) is 4.47 Å². The van der Waals surface area contributed by atoms with E-state index in [-0.39, 0.29) is 18.0 Å². The number of halogens is 1. The van der Waals surface area contributed by atoms with Gasteiger partial charge in [0.25, 0.3) is 5.91 Å². The third kappa shape index (κ3) is 2.16. The number of nitrogens with zero attached hydrogens (tertiary/aromatic N) is 3. The summed E-state index contributed by atoms with van der Waals surface area (Å²) >= 11 is 3.29. The van der Waals surface area contributed by atoms with Crippen molar-refractivity contribution in [3.05, 3.63) is 28.7 Å². The summed E-state index contributed by atoms with van der Waals surface area (Å²) in [5.41, 5.74) is 0.226. The summed E-state index contributed by atoms with van der Waals surface area (Å²) in [4.78, 5) is 37.7. The molecule has 112 valence electrons. The van der Waals surface area contributed by atoms with E-state index in [2.05, 4.69) is 26.1 Å². The number of imide groups is 1. The quantitative estimate of drug-likeness (QED) is 0.598. The summed E-state index contributed by atoms with van der Waals surface area (Å²) in [6, 6.07) is 6.68. The molecule has 22 heavy (non-hydrogen) atoms. The van der Waals surface area contributed by atoms with Gasteiger partial charge in [-0.05, 0) is 31.2 Å². The van der Waals surface area contributed by atoms with Crippen molar-refractivity contribution in [1.29, 1.82) is 0 Å². The molecule has 7 nitrogen and oxygen atoms in total. The number of rotatable bonds is 3. The number of esters is 1. The van der Waals surface area contributed by atoms with Crippen LogP contribution in [0.3, 0.4) is 0 Å². The van der Waals surface area contributed by atoms with E-state index in [0.717, 1.165) is 9.37 Å². The van der Waals surface area contributed by atoms with Crippen molar-refractivity contribution in [2.45, 2.75) is 6.92 Å². The van der Waals surface area contributed by atoms with Crippen molar-refractivity contribution in [2.75, 3.05) is 11.5 Å². The van der Waals surface area contributed by atoms with E-state index < -0.39 is 23.7 Å². The van der Waals surface area contributed by atoms with Crippen LogP contribution in [0.1, 0.15) is 6.92 Å². The molecule has 1 aromatic rings. The van der Waals surface area contributed by atoms with Crippen LogP contribution in [0.5, 0.6) is 0 Å². The van der Waals surface area contributed by atoms with Crippen LogP contribution in [0.15, 0.2) is 38.9 Å². The number of carbonyl (C=O) groups excluding carboxylic acids is 3. The van der Waals surface area contributed by atoms with Crippen LogP contribution in [0.4, 0.5) is 5.69 Å². The number of hydrogen-bond acceptors (Lipinski definition) is 6. The SMILES string of the molecule is CCOC(=O)C1=NN=C2C(=O)N(c3ccc(Br)cc3)C(=O)[C@H]12. The average molecular weight is 364 g/mol. The highest BCUT2D eigenvalue weighted by Gasteiger charge is 2.52. The van der Waals surface area contributed by atoms with Gasteiger partial charge in [-0.3, -0.25) is 9.59 Å². The molecule has 2 heterocycles. The zero-order valence-corrected chi connectivity index (χ0v) is 13.0. The van der Waals surface area contributed by atoms with E-state index in [1.54, 1.807) is 31.2 Å². The first-order chi connectivity index (χ1) is 10.5. The van der Waals surface area contributed by atoms with Gasteiger partial charge in [-0.1, -0.05) is 15.9 Å². The van der Waals surface area contributed by atoms with Gasteiger partial charge < -0.3 is 4.74 Å². The molecule has 2 aliphatic heterocycles. The first kappa shape index (κ1) is 14.6. The Balaban J connectivity index is 1.93. The van der Waals surface area contributed by atoms with Crippen molar-refractivity contribution >= 4 is 50.8 Å². The van der Waals surface area contributed by atoms with E-state index in [4.69, 9.17) is 4.74 Å². The average Bonchev–Trinajstić information content (AvgIpc) is 3.03. The summed E-state index contributed by atoms with van der Waals surface area (Å²) in [7, 11) is 0. The fourth-order valence-corrected chi connectivity index (χ4v) is 2.56. The lowest BCUT2D eigenvalue weighted by atomic mass is 10.0. The number of hydrogen-bond donors (Lipinski definition) is 0. The third-order valence-electron chi connectivity index (χ3n) is 3.27. The Labute approximate surface area is 133 Å². The Morgan fingerprint density at radius 1 is 1.27 bits per heavy atom. The maximum atomic E-state index is 12.5. The zero-order chi connectivity index (χ0) is 15.9. The van der Waals surface area contributed by atoms with Crippen molar-refractivity contribution < 1.29 is 19.1 Å². The highest BCUT2D eigenvalue weighted by Crippen LogP contribution is 2.30. The van der Waals surface area contributed by atoms with Crippen LogP contribution in [0, 0.1) is 5.92 Å². The molecule has 0 saturated carbocycles. The second kappa shape index (κ2) is 5.45. The Morgan fingerprint density at radius 2 is 1.95 bits per heavy atom. The Kier molecular flexibility index (Phi) is 3.61. The first-order valence-electron chi connectivity index (χ1n) is 6.51. The fourth-order valence-electron chi connectivity index (χ4n) is 2.29. The minimum absolute atomic E-state index is 0.0454. The minimum Gasteiger partial charge on any atom is -0.461 e. The monoisotopic (exact) mass is 363 g/mol. The topological polar surface area (TPSA) is 88.4 Å². The van der Waals surface area contributed by atoms with Crippen LogP contribution in [0.2, 0.25) is 0 Å². The molecule has 1 aromatic carbocycles. The van der Waals surface area contributed by atoms with E-state index in [0.29, 0.717) is 5.69 Å². The Bertz CT molecular complexity index is 739. The molecule has 8 heteroatoms. The molecule has 0 unspecified atom stereocenters. The van der Waals surface area contributed by atoms with Gasteiger partial charge in [-0.25, -0.2) is 9.69 Å². The number of amides is 2. The summed E-state index contributed by atoms with van der Waals surface area (Å²) in [6.07, 6.45) is 0. The molecule has 0 spiro atoms. The highest BCUT2D eigenvalue weighted by molar-refractivity contribution is 9.10. The molecule has 0 bridgehead atoms. The number of ether oxygens (including phenoxy) is 1. The van der Waals surface area contributed by atoms with E-state index >= 15 is 0 Å². The zero-order valence-electron chi connectivity index (χ0n) is 11.4. The molecular formula is C14H10BrN3O4. The van der Waals surface area contributed by atoms with Crippen LogP contribution >= 0.6 is 15.9 Å². The molecule has 2 aliphatic rings. The number of fused-ring (bicyclic) bond motifs is 1. The van der Waals surface area contributed by atoms with Crippen molar-refractivity contribution in [3.8, 4) is 0 Å². The smallest absolute Gasteiger partial charge is 0.355 e. The molecule has 0 N–H and O–H groups in total. The molecule has 1 atom stereocenters. The lowest BCUT2D eigenvalue weighted by Gasteiger charge is -2.14. The summed E-state index contributed by atoms with van der Waals surface area (Å²) in [6.45, 7) is 1.80. The minimum atomic E-state index is -1.07. The molecule has 1 fully saturated rings. The van der Waals surface area contributed by atoms with Gasteiger partial charge in [-0.15, -0.1) is 10.2 Å². The number of benzene rings is 1. The van der Waals surface area contributed by atoms with E-state index in [1.165, 1.54) is 0 Å². The lowest BCUT2D eigenvalue weighted by molar-refractivity contribution is -0.136. The second-order valence-electron chi connectivity index (χ2n) is 4.58. The predicted molar refractivity (Wildman–Crippen MR) is 81.6 cm³/mol. The summed E-state index contributed by atoms with van der Waals surface area (Å²) < 4.78 is 5.66. The number of carbonyl (C=O) groups is 3. The third-order valence-corrected chi connectivity index (χ3v) is 3.80. The van der Waals surface area contributed by atoms with Crippen molar-refractivity contribution in [1.82, 2.24) is 0 Å².